The van der Waals surface area contributed by atoms with Crippen molar-refractivity contribution < 1.29 is 17.5 Å². The SMILES string of the molecule is COP1Oc2c(Cl)cccc2N1S(C)(=O)=O. The van der Waals surface area contributed by atoms with Crippen LogP contribution in [-0.2, 0) is 14.5 Å². The maximum atomic E-state index is 11.6. The lowest BCUT2D eigenvalue weighted by Crippen LogP contribution is -2.22. The van der Waals surface area contributed by atoms with Gasteiger partial charge in [-0.3, -0.25) is 0 Å². The van der Waals surface area contributed by atoms with Crippen molar-refractivity contribution in [2.45, 2.75) is 0 Å². The summed E-state index contributed by atoms with van der Waals surface area (Å²) in [4.78, 5) is 0. The van der Waals surface area contributed by atoms with Crippen molar-refractivity contribution >= 4 is 35.8 Å². The zero-order chi connectivity index (χ0) is 11.9. The van der Waals surface area contributed by atoms with E-state index in [4.69, 9.17) is 20.6 Å². The number of anilines is 1. The van der Waals surface area contributed by atoms with E-state index in [0.29, 0.717) is 16.5 Å². The van der Waals surface area contributed by atoms with E-state index in [-0.39, 0.29) is 0 Å². The molecule has 1 aromatic rings. The van der Waals surface area contributed by atoms with Gasteiger partial charge in [-0.05, 0) is 12.1 Å². The van der Waals surface area contributed by atoms with E-state index in [9.17, 15) is 8.42 Å². The number of nitrogens with zero attached hydrogens (tertiary/aromatic N) is 1. The van der Waals surface area contributed by atoms with Crippen molar-refractivity contribution in [1.82, 2.24) is 0 Å². The molecule has 1 unspecified atom stereocenters. The van der Waals surface area contributed by atoms with E-state index < -0.39 is 18.5 Å². The average molecular weight is 282 g/mol. The summed E-state index contributed by atoms with van der Waals surface area (Å²) in [6.45, 7) is 0. The van der Waals surface area contributed by atoms with Crippen LogP contribution in [0.25, 0.3) is 0 Å². The number of hydrogen-bond acceptors (Lipinski definition) is 4. The first-order chi connectivity index (χ1) is 7.45. The number of halogens is 1. The van der Waals surface area contributed by atoms with Gasteiger partial charge in [-0.1, -0.05) is 17.7 Å². The molecule has 0 aromatic heterocycles. The van der Waals surface area contributed by atoms with Crippen molar-refractivity contribution in [1.29, 1.82) is 0 Å². The Kier molecular flexibility index (Phi) is 3.01. The Morgan fingerprint density at radius 1 is 1.50 bits per heavy atom. The maximum Gasteiger partial charge on any atom is 0.367 e. The van der Waals surface area contributed by atoms with Gasteiger partial charge in [0.1, 0.15) is 5.69 Å². The van der Waals surface area contributed by atoms with Crippen LogP contribution < -0.4 is 8.60 Å². The van der Waals surface area contributed by atoms with Gasteiger partial charge in [-0.2, -0.15) is 4.08 Å². The quantitative estimate of drug-likeness (QED) is 0.781. The average Bonchev–Trinajstić information content (AvgIpc) is 2.57. The Morgan fingerprint density at radius 2 is 2.19 bits per heavy atom. The molecule has 1 aliphatic rings. The summed E-state index contributed by atoms with van der Waals surface area (Å²) in [5.41, 5.74) is 0.419. The first kappa shape index (κ1) is 11.9. The van der Waals surface area contributed by atoms with Crippen LogP contribution >= 0.6 is 20.1 Å². The third-order valence-electron chi connectivity index (χ3n) is 1.94. The Hall–Kier alpha value is -0.550. The Labute approximate surface area is 99.9 Å². The fraction of sp³-hybridized carbons (Fsp3) is 0.250. The minimum absolute atomic E-state index is 0.350. The Bertz CT molecular complexity index is 521. The molecule has 0 spiro atoms. The summed E-state index contributed by atoms with van der Waals surface area (Å²) >= 11 is 5.92. The van der Waals surface area contributed by atoms with Crippen LogP contribution in [0.5, 0.6) is 5.75 Å². The molecule has 1 aliphatic heterocycles. The molecule has 0 radical (unpaired) electrons. The lowest BCUT2D eigenvalue weighted by molar-refractivity contribution is 0.404. The lowest BCUT2D eigenvalue weighted by atomic mass is 10.3. The largest absolute Gasteiger partial charge is 0.427 e. The van der Waals surface area contributed by atoms with E-state index in [1.165, 1.54) is 7.11 Å². The first-order valence-electron chi connectivity index (χ1n) is 4.26. The van der Waals surface area contributed by atoms with Gasteiger partial charge in [0.2, 0.25) is 10.0 Å². The fourth-order valence-corrected chi connectivity index (χ4v) is 4.36. The highest BCUT2D eigenvalue weighted by atomic mass is 35.5. The molecule has 16 heavy (non-hydrogen) atoms. The minimum atomic E-state index is -3.44. The van der Waals surface area contributed by atoms with Crippen LogP contribution in [0, 0.1) is 0 Å². The van der Waals surface area contributed by atoms with Crippen molar-refractivity contribution in [3.05, 3.63) is 23.2 Å². The van der Waals surface area contributed by atoms with Gasteiger partial charge in [0, 0.05) is 7.11 Å². The van der Waals surface area contributed by atoms with E-state index in [2.05, 4.69) is 0 Å². The molecule has 0 bridgehead atoms. The highest BCUT2D eigenvalue weighted by Gasteiger charge is 2.40. The van der Waals surface area contributed by atoms with Gasteiger partial charge < -0.3 is 9.05 Å². The predicted octanol–water partition coefficient (Wildman–Crippen LogP) is 2.37. The molecule has 0 saturated carbocycles. The van der Waals surface area contributed by atoms with Crippen LogP contribution in [-0.4, -0.2) is 21.8 Å². The van der Waals surface area contributed by atoms with Crippen LogP contribution in [0.2, 0.25) is 5.02 Å². The second-order valence-electron chi connectivity index (χ2n) is 3.11. The summed E-state index contributed by atoms with van der Waals surface area (Å²) in [6.07, 6.45) is 1.10. The molecule has 0 N–H and O–H groups in total. The first-order valence-corrected chi connectivity index (χ1v) is 7.61. The monoisotopic (exact) mass is 281 g/mol. The summed E-state index contributed by atoms with van der Waals surface area (Å²) in [7, 11) is -3.72. The normalized spacial score (nSPS) is 19.4. The Balaban J connectivity index is 2.58. The molecule has 0 amide bonds. The van der Waals surface area contributed by atoms with Gasteiger partial charge in [-0.15, -0.1) is 0 Å². The number of para-hydroxylation sites is 1. The predicted molar refractivity (Wildman–Crippen MR) is 63.3 cm³/mol. The highest BCUT2D eigenvalue weighted by molar-refractivity contribution is 7.98. The standard InChI is InChI=1S/C8H9ClNO4PS/c1-13-15-10(16(2,11)12)7-5-3-4-6(9)8(7)14-15/h3-5H,1-2H3. The molecular formula is C8H9ClNO4PS. The molecule has 1 atom stereocenters. The molecule has 0 saturated heterocycles. The van der Waals surface area contributed by atoms with E-state index >= 15 is 0 Å². The number of sulfonamides is 1. The summed E-state index contributed by atoms with van der Waals surface area (Å²) in [5, 5.41) is 0.369. The second kappa shape index (κ2) is 4.04. The van der Waals surface area contributed by atoms with Gasteiger partial charge in [-0.25, -0.2) is 8.42 Å². The minimum Gasteiger partial charge on any atom is -0.427 e. The zero-order valence-electron chi connectivity index (χ0n) is 8.55. The molecule has 1 heterocycles. The molecule has 1 aromatic carbocycles. The van der Waals surface area contributed by atoms with Crippen molar-refractivity contribution in [3.63, 3.8) is 0 Å². The van der Waals surface area contributed by atoms with Crippen LogP contribution in [0.3, 0.4) is 0 Å². The zero-order valence-corrected chi connectivity index (χ0v) is 11.0. The third kappa shape index (κ3) is 1.86. The lowest BCUT2D eigenvalue weighted by Gasteiger charge is -2.18. The molecule has 5 nitrogen and oxygen atoms in total. The van der Waals surface area contributed by atoms with Gasteiger partial charge in [0.05, 0.1) is 11.3 Å². The number of rotatable bonds is 2. The molecule has 8 heteroatoms. The van der Waals surface area contributed by atoms with E-state index in [1.54, 1.807) is 18.2 Å². The van der Waals surface area contributed by atoms with Gasteiger partial charge >= 0.3 is 8.53 Å². The second-order valence-corrected chi connectivity index (χ2v) is 7.04. The summed E-state index contributed by atoms with van der Waals surface area (Å²) in [5.74, 6) is 0.350. The van der Waals surface area contributed by atoms with Crippen molar-refractivity contribution in [3.8, 4) is 5.75 Å². The fourth-order valence-electron chi connectivity index (χ4n) is 1.35. The highest BCUT2D eigenvalue weighted by Crippen LogP contribution is 2.59. The van der Waals surface area contributed by atoms with Gasteiger partial charge in [0.25, 0.3) is 0 Å². The topological polar surface area (TPSA) is 55.8 Å². The Morgan fingerprint density at radius 3 is 2.75 bits per heavy atom. The molecular weight excluding hydrogens is 273 g/mol. The van der Waals surface area contributed by atoms with Gasteiger partial charge in [0.15, 0.2) is 5.75 Å². The van der Waals surface area contributed by atoms with Crippen molar-refractivity contribution in [2.24, 2.45) is 0 Å². The third-order valence-corrected chi connectivity index (χ3v) is 5.52. The van der Waals surface area contributed by atoms with Crippen LogP contribution in [0.4, 0.5) is 5.69 Å². The van der Waals surface area contributed by atoms with Crippen LogP contribution in [0.15, 0.2) is 18.2 Å². The smallest absolute Gasteiger partial charge is 0.367 e. The van der Waals surface area contributed by atoms with E-state index in [1.807, 2.05) is 0 Å². The van der Waals surface area contributed by atoms with Crippen LogP contribution in [0.1, 0.15) is 0 Å². The molecule has 88 valence electrons. The molecule has 0 aliphatic carbocycles. The maximum absolute atomic E-state index is 11.6. The number of benzene rings is 1. The van der Waals surface area contributed by atoms with E-state index in [0.717, 1.165) is 10.3 Å². The number of hydrogen-bond donors (Lipinski definition) is 0. The summed E-state index contributed by atoms with van der Waals surface area (Å²) in [6, 6.07) is 4.93. The summed E-state index contributed by atoms with van der Waals surface area (Å²) < 4.78 is 34.7. The number of fused-ring (bicyclic) bond motifs is 1. The molecule has 0 fully saturated rings. The van der Waals surface area contributed by atoms with Crippen molar-refractivity contribution in [2.75, 3.05) is 17.4 Å². The molecule has 2 rings (SSSR count).